The van der Waals surface area contributed by atoms with Crippen LogP contribution in [0.5, 0.6) is 11.5 Å². The minimum Gasteiger partial charge on any atom is -0.507 e. The lowest BCUT2D eigenvalue weighted by atomic mass is 9.93. The van der Waals surface area contributed by atoms with Crippen molar-refractivity contribution in [3.63, 3.8) is 0 Å². The minimum atomic E-state index is -0.934. The minimum absolute atomic E-state index is 0.0854. The highest BCUT2D eigenvalue weighted by atomic mass is 16.5. The second-order valence-electron chi connectivity index (χ2n) is 8.72. The molecule has 2 aromatic rings. The second kappa shape index (κ2) is 11.5. The van der Waals surface area contributed by atoms with Gasteiger partial charge in [0.15, 0.2) is 11.5 Å². The topological polar surface area (TPSA) is 121 Å². The van der Waals surface area contributed by atoms with E-state index < -0.39 is 23.7 Å². The number of para-hydroxylation sites is 1. The number of aryl methyl sites for hydroxylation is 1. The maximum absolute atomic E-state index is 13.5. The van der Waals surface area contributed by atoms with Gasteiger partial charge in [0, 0.05) is 29.9 Å². The molecule has 1 aliphatic heterocycles. The fourth-order valence-electron chi connectivity index (χ4n) is 4.90. The number of nitrogens with zero attached hydrogens (tertiary/aromatic N) is 2. The van der Waals surface area contributed by atoms with E-state index >= 15 is 0 Å². The van der Waals surface area contributed by atoms with E-state index in [1.165, 1.54) is 26.2 Å². The fourth-order valence-corrected chi connectivity index (χ4v) is 4.90. The molecule has 1 amide bonds. The summed E-state index contributed by atoms with van der Waals surface area (Å²) < 4.78 is 15.9. The average molecular weight is 514 g/mol. The Morgan fingerprint density at radius 1 is 1.11 bits per heavy atom. The predicted octanol–water partition coefficient (Wildman–Crippen LogP) is 3.20. The van der Waals surface area contributed by atoms with Crippen LogP contribution in [0.3, 0.4) is 0 Å². The number of rotatable bonds is 10. The number of carbonyl (C=O) groups excluding carboxylic acids is 3. The van der Waals surface area contributed by atoms with Gasteiger partial charge in [0.25, 0.3) is 11.7 Å². The van der Waals surface area contributed by atoms with Crippen LogP contribution < -0.4 is 9.47 Å². The first-order valence-electron chi connectivity index (χ1n) is 12.2. The van der Waals surface area contributed by atoms with Gasteiger partial charge in [-0.2, -0.15) is 0 Å². The van der Waals surface area contributed by atoms with Crippen molar-refractivity contribution in [1.29, 1.82) is 0 Å². The Hall–Kier alpha value is -3.79. The van der Waals surface area contributed by atoms with Crippen molar-refractivity contribution < 1.29 is 33.7 Å². The number of esters is 1. The highest BCUT2D eigenvalue weighted by Crippen LogP contribution is 2.46. The van der Waals surface area contributed by atoms with Gasteiger partial charge in [-0.1, -0.05) is 26.0 Å². The smallest absolute Gasteiger partial charge is 0.354 e. The Morgan fingerprint density at radius 3 is 2.35 bits per heavy atom. The van der Waals surface area contributed by atoms with E-state index in [0.717, 1.165) is 13.1 Å². The lowest BCUT2D eigenvalue weighted by molar-refractivity contribution is -0.140. The predicted molar refractivity (Wildman–Crippen MR) is 138 cm³/mol. The molecule has 2 N–H and O–H groups in total. The molecule has 1 atom stereocenters. The lowest BCUT2D eigenvalue weighted by Crippen LogP contribution is -2.38. The summed E-state index contributed by atoms with van der Waals surface area (Å²) in [6.45, 7) is 9.73. The molecule has 0 bridgehead atoms. The summed E-state index contributed by atoms with van der Waals surface area (Å²) in [5, 5.41) is 11.6. The highest BCUT2D eigenvalue weighted by molar-refractivity contribution is 6.46. The van der Waals surface area contributed by atoms with E-state index in [2.05, 4.69) is 9.88 Å². The number of aliphatic hydroxyl groups excluding tert-OH is 1. The Morgan fingerprint density at radius 2 is 1.78 bits per heavy atom. The summed E-state index contributed by atoms with van der Waals surface area (Å²) in [4.78, 5) is 45.6. The number of aromatic amines is 1. The molecule has 1 aromatic carbocycles. The number of nitrogens with one attached hydrogen (secondary N) is 1. The van der Waals surface area contributed by atoms with E-state index in [-0.39, 0.29) is 29.1 Å². The van der Waals surface area contributed by atoms with Gasteiger partial charge < -0.3 is 34.1 Å². The number of ketones is 1. The van der Waals surface area contributed by atoms with E-state index in [4.69, 9.17) is 14.2 Å². The van der Waals surface area contributed by atoms with E-state index in [1.807, 2.05) is 13.8 Å². The number of hydrogen-bond donors (Lipinski definition) is 2. The number of hydrogen-bond acceptors (Lipinski definition) is 8. The van der Waals surface area contributed by atoms with Gasteiger partial charge in [-0.05, 0) is 38.6 Å². The third-order valence-electron chi connectivity index (χ3n) is 6.88. The van der Waals surface area contributed by atoms with E-state index in [0.29, 0.717) is 34.9 Å². The number of carbonyl (C=O) groups is 3. The first-order valence-corrected chi connectivity index (χ1v) is 12.2. The van der Waals surface area contributed by atoms with Gasteiger partial charge in [-0.3, -0.25) is 9.59 Å². The largest absolute Gasteiger partial charge is 0.507 e. The summed E-state index contributed by atoms with van der Waals surface area (Å²) in [6, 6.07) is 4.26. The zero-order chi connectivity index (χ0) is 27.4. The Balaban J connectivity index is 2.28. The summed E-state index contributed by atoms with van der Waals surface area (Å²) in [5.41, 5.74) is 1.72. The van der Waals surface area contributed by atoms with Crippen LogP contribution >= 0.6 is 0 Å². The number of aliphatic hydroxyl groups is 1. The average Bonchev–Trinajstić information content (AvgIpc) is 3.34. The maximum atomic E-state index is 13.5. The summed E-state index contributed by atoms with van der Waals surface area (Å²) >= 11 is 0. The second-order valence-corrected chi connectivity index (χ2v) is 8.72. The molecule has 10 nitrogen and oxygen atoms in total. The number of methoxy groups -OCH3 is 3. The van der Waals surface area contributed by atoms with Crippen LogP contribution in [0.4, 0.5) is 0 Å². The van der Waals surface area contributed by atoms with Crippen molar-refractivity contribution in [2.24, 2.45) is 0 Å². The molecule has 0 unspecified atom stereocenters. The molecule has 37 heavy (non-hydrogen) atoms. The SMILES string of the molecule is CCN(CC)CCN1C(=O)C(=O)/C(=C(/O)c2c(C)[nH]c(C(=O)OC)c2C)[C@@H]1c1cccc(OC)c1OC. The van der Waals surface area contributed by atoms with Crippen LogP contribution in [0.1, 0.15) is 52.8 Å². The van der Waals surface area contributed by atoms with Crippen molar-refractivity contribution in [3.8, 4) is 11.5 Å². The summed E-state index contributed by atoms with van der Waals surface area (Å²) in [7, 11) is 4.24. The molecule has 0 spiro atoms. The normalized spacial score (nSPS) is 17.0. The molecule has 1 aliphatic rings. The molecule has 0 saturated carbocycles. The van der Waals surface area contributed by atoms with Crippen LogP contribution in [-0.2, 0) is 14.3 Å². The van der Waals surface area contributed by atoms with Gasteiger partial charge in [0.1, 0.15) is 11.5 Å². The Labute approximate surface area is 216 Å². The van der Waals surface area contributed by atoms with Gasteiger partial charge in [0.2, 0.25) is 0 Å². The molecule has 200 valence electrons. The fraction of sp³-hybridized carbons (Fsp3) is 0.444. The number of benzene rings is 1. The van der Waals surface area contributed by atoms with Crippen molar-refractivity contribution in [3.05, 3.63) is 51.9 Å². The zero-order valence-corrected chi connectivity index (χ0v) is 22.4. The number of Topliss-reactive ketones (excluding diaryl/α,β-unsaturated/α-hetero) is 1. The molecule has 0 radical (unpaired) electrons. The van der Waals surface area contributed by atoms with Gasteiger partial charge >= 0.3 is 5.97 Å². The summed E-state index contributed by atoms with van der Waals surface area (Å²) in [5.74, 6) is -1.73. The van der Waals surface area contributed by atoms with Crippen molar-refractivity contribution in [2.45, 2.75) is 33.7 Å². The third-order valence-corrected chi connectivity index (χ3v) is 6.88. The standard InChI is InChI=1S/C27H35N3O7/c1-8-29(9-2)13-14-30-22(17-11-10-12-18(35-5)25(17)36-6)20(24(32)26(30)33)23(31)19-15(3)21(27(34)37-7)28-16(19)4/h10-12,22,28,31H,8-9,13-14H2,1-7H3/b23-20+/t22-/m0/s1. The number of H-pyrrole nitrogens is 1. The van der Waals surface area contributed by atoms with E-state index in [9.17, 15) is 19.5 Å². The molecule has 1 aromatic heterocycles. The number of ether oxygens (including phenoxy) is 3. The monoisotopic (exact) mass is 513 g/mol. The third kappa shape index (κ3) is 4.93. The first kappa shape index (κ1) is 27.8. The van der Waals surface area contributed by atoms with Gasteiger partial charge in [-0.15, -0.1) is 0 Å². The van der Waals surface area contributed by atoms with Crippen molar-refractivity contribution in [2.75, 3.05) is 47.5 Å². The first-order chi connectivity index (χ1) is 17.7. The van der Waals surface area contributed by atoms with Crippen LogP contribution in [-0.4, -0.2) is 85.1 Å². The molecule has 10 heteroatoms. The highest BCUT2D eigenvalue weighted by Gasteiger charge is 2.47. The molecule has 1 fully saturated rings. The quantitative estimate of drug-likeness (QED) is 0.215. The molecular formula is C27H35N3O7. The molecule has 1 saturated heterocycles. The molecule has 2 heterocycles. The maximum Gasteiger partial charge on any atom is 0.354 e. The van der Waals surface area contributed by atoms with Gasteiger partial charge in [-0.25, -0.2) is 4.79 Å². The molecular weight excluding hydrogens is 478 g/mol. The molecule has 3 rings (SSSR count). The van der Waals surface area contributed by atoms with Crippen molar-refractivity contribution >= 4 is 23.4 Å². The number of likely N-dealkylation sites (N-methyl/N-ethyl adjacent to an activating group) is 1. The zero-order valence-electron chi connectivity index (χ0n) is 22.4. The van der Waals surface area contributed by atoms with Crippen LogP contribution in [0, 0.1) is 13.8 Å². The van der Waals surface area contributed by atoms with Gasteiger partial charge in [0.05, 0.1) is 32.9 Å². The Bertz CT molecular complexity index is 1230. The van der Waals surface area contributed by atoms with Crippen LogP contribution in [0.2, 0.25) is 0 Å². The van der Waals surface area contributed by atoms with E-state index in [1.54, 1.807) is 32.0 Å². The Kier molecular flexibility index (Phi) is 8.65. The van der Waals surface area contributed by atoms with Crippen molar-refractivity contribution in [1.82, 2.24) is 14.8 Å². The number of amides is 1. The lowest BCUT2D eigenvalue weighted by Gasteiger charge is -2.29. The van der Waals surface area contributed by atoms with Crippen LogP contribution in [0.25, 0.3) is 5.76 Å². The molecule has 0 aliphatic carbocycles. The number of likely N-dealkylation sites (tertiary alicyclic amines) is 1. The summed E-state index contributed by atoms with van der Waals surface area (Å²) in [6.07, 6.45) is 0. The van der Waals surface area contributed by atoms with Crippen LogP contribution in [0.15, 0.2) is 23.8 Å². The number of aromatic nitrogens is 1.